The summed E-state index contributed by atoms with van der Waals surface area (Å²) >= 11 is 10.9. The van der Waals surface area contributed by atoms with Gasteiger partial charge in [0, 0.05) is 15.1 Å². The Hall–Kier alpha value is -1.17. The van der Waals surface area contributed by atoms with Gasteiger partial charge in [-0.3, -0.25) is 4.79 Å². The van der Waals surface area contributed by atoms with Crippen LogP contribution in [-0.2, 0) is 4.79 Å². The van der Waals surface area contributed by atoms with Gasteiger partial charge in [0.25, 0.3) is 0 Å². The van der Waals surface area contributed by atoms with E-state index in [4.69, 9.17) is 17.3 Å². The summed E-state index contributed by atoms with van der Waals surface area (Å²) in [5.41, 5.74) is 8.11. The lowest BCUT2D eigenvalue weighted by atomic mass is 10.2. The molecule has 0 bridgehead atoms. The predicted molar refractivity (Wildman–Crippen MR) is 94.1 cm³/mol. The van der Waals surface area contributed by atoms with Crippen LogP contribution in [0.5, 0.6) is 0 Å². The summed E-state index contributed by atoms with van der Waals surface area (Å²) < 4.78 is 0.873. The zero-order valence-electron chi connectivity index (χ0n) is 11.3. The fourth-order valence-corrected chi connectivity index (χ4v) is 3.29. The Labute approximate surface area is 141 Å². The van der Waals surface area contributed by atoms with Crippen molar-refractivity contribution >= 4 is 56.6 Å². The molecular weight excluding hydrogens is 372 g/mol. The number of hydrogen-bond acceptors (Lipinski definition) is 3. The smallest absolute Gasteiger partial charge is 0.234 e. The third-order valence-corrected chi connectivity index (χ3v) is 4.74. The highest BCUT2D eigenvalue weighted by atomic mass is 79.9. The van der Waals surface area contributed by atoms with E-state index in [0.717, 1.165) is 20.6 Å². The first kappa shape index (κ1) is 16.2. The van der Waals surface area contributed by atoms with Crippen LogP contribution < -0.4 is 11.1 Å². The lowest BCUT2D eigenvalue weighted by Gasteiger charge is -2.09. The Morgan fingerprint density at radius 2 is 2.10 bits per heavy atom. The summed E-state index contributed by atoms with van der Waals surface area (Å²) in [6.45, 7) is 1.97. The van der Waals surface area contributed by atoms with E-state index < -0.39 is 0 Å². The lowest BCUT2D eigenvalue weighted by Crippen LogP contribution is -2.14. The molecule has 0 aromatic heterocycles. The van der Waals surface area contributed by atoms with E-state index in [-0.39, 0.29) is 5.91 Å². The van der Waals surface area contributed by atoms with E-state index in [2.05, 4.69) is 21.2 Å². The average Bonchev–Trinajstić information content (AvgIpc) is 2.41. The molecule has 6 heteroatoms. The number of nitrogens with one attached hydrogen (secondary N) is 1. The molecule has 0 saturated heterocycles. The zero-order chi connectivity index (χ0) is 15.4. The van der Waals surface area contributed by atoms with Crippen LogP contribution >= 0.6 is 39.3 Å². The third kappa shape index (κ3) is 4.66. The number of nitrogens with two attached hydrogens (primary N) is 1. The average molecular weight is 386 g/mol. The number of hydrogen-bond donors (Lipinski definition) is 2. The minimum Gasteiger partial charge on any atom is -0.399 e. The minimum absolute atomic E-state index is 0.0968. The molecule has 0 aliphatic rings. The Balaban J connectivity index is 1.96. The number of thioether (sulfide) groups is 1. The second-order valence-electron chi connectivity index (χ2n) is 4.49. The number of aryl methyl sites for hydroxylation is 1. The largest absolute Gasteiger partial charge is 0.399 e. The maximum Gasteiger partial charge on any atom is 0.234 e. The molecule has 0 unspecified atom stereocenters. The maximum atomic E-state index is 12.0. The molecule has 0 atom stereocenters. The van der Waals surface area contributed by atoms with Gasteiger partial charge in [0.15, 0.2) is 0 Å². The fourth-order valence-electron chi connectivity index (χ4n) is 1.75. The molecule has 0 fully saturated rings. The fraction of sp³-hybridized carbons (Fsp3) is 0.133. The zero-order valence-corrected chi connectivity index (χ0v) is 14.5. The van der Waals surface area contributed by atoms with Crippen LogP contribution in [0.3, 0.4) is 0 Å². The summed E-state index contributed by atoms with van der Waals surface area (Å²) in [6.07, 6.45) is 0. The quantitative estimate of drug-likeness (QED) is 0.591. The molecule has 2 aromatic rings. The monoisotopic (exact) mass is 384 g/mol. The number of benzene rings is 2. The van der Waals surface area contributed by atoms with E-state index in [0.29, 0.717) is 16.5 Å². The van der Waals surface area contributed by atoms with Crippen molar-refractivity contribution in [2.75, 3.05) is 16.8 Å². The van der Waals surface area contributed by atoms with Gasteiger partial charge in [0.1, 0.15) is 0 Å². The number of anilines is 2. The summed E-state index contributed by atoms with van der Waals surface area (Å²) in [5, 5.41) is 3.31. The van der Waals surface area contributed by atoms with E-state index in [1.807, 2.05) is 31.2 Å². The normalized spacial score (nSPS) is 10.4. The number of carbonyl (C=O) groups is 1. The number of amides is 1. The SMILES string of the molecule is Cc1cc(N)ccc1SCC(=O)Nc1ccc(Br)cc1Cl. The predicted octanol–water partition coefficient (Wildman–Crippen LogP) is 4.72. The molecule has 2 rings (SSSR count). The van der Waals surface area contributed by atoms with E-state index in [1.54, 1.807) is 12.1 Å². The van der Waals surface area contributed by atoms with Crippen LogP contribution in [0, 0.1) is 6.92 Å². The van der Waals surface area contributed by atoms with Crippen molar-refractivity contribution in [2.45, 2.75) is 11.8 Å². The molecule has 0 saturated carbocycles. The van der Waals surface area contributed by atoms with Gasteiger partial charge in [-0.1, -0.05) is 27.5 Å². The molecule has 2 aromatic carbocycles. The molecule has 0 radical (unpaired) electrons. The number of nitrogen functional groups attached to an aromatic ring is 1. The van der Waals surface area contributed by atoms with Gasteiger partial charge in [-0.05, 0) is 48.9 Å². The molecular formula is C15H14BrClN2OS. The number of halogens is 2. The molecule has 3 N–H and O–H groups in total. The summed E-state index contributed by atoms with van der Waals surface area (Å²) in [5.74, 6) is 0.220. The Kier molecular flexibility index (Phi) is 5.56. The van der Waals surface area contributed by atoms with Crippen molar-refractivity contribution in [3.8, 4) is 0 Å². The summed E-state index contributed by atoms with van der Waals surface area (Å²) in [4.78, 5) is 13.0. The van der Waals surface area contributed by atoms with Crippen molar-refractivity contribution in [3.63, 3.8) is 0 Å². The molecule has 0 aliphatic carbocycles. The molecule has 0 spiro atoms. The standard InChI is InChI=1S/C15H14BrClN2OS/c1-9-6-11(18)3-5-14(9)21-8-15(20)19-13-4-2-10(16)7-12(13)17/h2-7H,8,18H2,1H3,(H,19,20). The first-order valence-electron chi connectivity index (χ1n) is 6.19. The molecule has 0 heterocycles. The van der Waals surface area contributed by atoms with Gasteiger partial charge < -0.3 is 11.1 Å². The third-order valence-electron chi connectivity index (χ3n) is 2.76. The molecule has 1 amide bonds. The lowest BCUT2D eigenvalue weighted by molar-refractivity contribution is -0.113. The van der Waals surface area contributed by atoms with E-state index >= 15 is 0 Å². The van der Waals surface area contributed by atoms with Crippen LogP contribution in [0.1, 0.15) is 5.56 Å². The highest BCUT2D eigenvalue weighted by Crippen LogP contribution is 2.27. The van der Waals surface area contributed by atoms with Crippen LogP contribution in [0.2, 0.25) is 5.02 Å². The van der Waals surface area contributed by atoms with Gasteiger partial charge in [-0.2, -0.15) is 0 Å². The Morgan fingerprint density at radius 3 is 2.76 bits per heavy atom. The van der Waals surface area contributed by atoms with Crippen molar-refractivity contribution in [2.24, 2.45) is 0 Å². The first-order chi connectivity index (χ1) is 9.95. The van der Waals surface area contributed by atoms with Crippen LogP contribution in [0.15, 0.2) is 45.8 Å². The second kappa shape index (κ2) is 7.20. The molecule has 0 aliphatic heterocycles. The van der Waals surface area contributed by atoms with Crippen molar-refractivity contribution < 1.29 is 4.79 Å². The molecule has 3 nitrogen and oxygen atoms in total. The summed E-state index contributed by atoms with van der Waals surface area (Å²) in [6, 6.07) is 11.0. The summed E-state index contributed by atoms with van der Waals surface area (Å²) in [7, 11) is 0. The highest BCUT2D eigenvalue weighted by molar-refractivity contribution is 9.10. The van der Waals surface area contributed by atoms with Crippen molar-refractivity contribution in [1.29, 1.82) is 0 Å². The van der Waals surface area contributed by atoms with E-state index in [1.165, 1.54) is 11.8 Å². The molecule has 21 heavy (non-hydrogen) atoms. The number of rotatable bonds is 4. The maximum absolute atomic E-state index is 12.0. The van der Waals surface area contributed by atoms with Crippen molar-refractivity contribution in [3.05, 3.63) is 51.5 Å². The molecule has 110 valence electrons. The second-order valence-corrected chi connectivity index (χ2v) is 6.83. The topological polar surface area (TPSA) is 55.1 Å². The minimum atomic E-state index is -0.0968. The number of carbonyl (C=O) groups excluding carboxylic acids is 1. The van der Waals surface area contributed by atoms with Gasteiger partial charge in [0.2, 0.25) is 5.91 Å². The van der Waals surface area contributed by atoms with Crippen LogP contribution in [0.4, 0.5) is 11.4 Å². The highest BCUT2D eigenvalue weighted by Gasteiger charge is 2.08. The van der Waals surface area contributed by atoms with Gasteiger partial charge in [-0.15, -0.1) is 11.8 Å². The van der Waals surface area contributed by atoms with Gasteiger partial charge in [0.05, 0.1) is 16.5 Å². The Morgan fingerprint density at radius 1 is 1.33 bits per heavy atom. The van der Waals surface area contributed by atoms with Gasteiger partial charge in [-0.25, -0.2) is 0 Å². The van der Waals surface area contributed by atoms with Crippen LogP contribution in [-0.4, -0.2) is 11.7 Å². The van der Waals surface area contributed by atoms with Crippen molar-refractivity contribution in [1.82, 2.24) is 0 Å². The van der Waals surface area contributed by atoms with Gasteiger partial charge >= 0.3 is 0 Å². The van der Waals surface area contributed by atoms with E-state index in [9.17, 15) is 4.79 Å². The van der Waals surface area contributed by atoms with Crippen LogP contribution in [0.25, 0.3) is 0 Å². The Bertz CT molecular complexity index is 679. The first-order valence-corrected chi connectivity index (χ1v) is 8.35.